The second kappa shape index (κ2) is 9.64. The number of carbonyl (C=O) groups excluding carboxylic acids is 1. The second-order valence-electron chi connectivity index (χ2n) is 7.69. The second-order valence-corrected chi connectivity index (χ2v) is 8.63. The summed E-state index contributed by atoms with van der Waals surface area (Å²) in [6.07, 6.45) is -3.78. The Morgan fingerprint density at radius 3 is 2.72 bits per heavy atom. The fraction of sp³-hybridized carbons (Fsp3) is 0.722. The first-order valence-corrected chi connectivity index (χ1v) is 10.4. The summed E-state index contributed by atoms with van der Waals surface area (Å²) in [5.74, 6) is 0.675. The normalized spacial score (nSPS) is 18.1. The van der Waals surface area contributed by atoms with Crippen molar-refractivity contribution in [2.24, 2.45) is 4.99 Å². The Morgan fingerprint density at radius 1 is 1.41 bits per heavy atom. The van der Waals surface area contributed by atoms with Gasteiger partial charge in [0.2, 0.25) is 0 Å². The van der Waals surface area contributed by atoms with Gasteiger partial charge in [-0.1, -0.05) is 0 Å². The molecule has 1 aromatic heterocycles. The van der Waals surface area contributed by atoms with E-state index < -0.39 is 23.6 Å². The molecule has 1 atom stereocenters. The first kappa shape index (κ1) is 23.2. The topological polar surface area (TPSA) is 78.9 Å². The van der Waals surface area contributed by atoms with Crippen molar-refractivity contribution in [3.8, 4) is 0 Å². The van der Waals surface area contributed by atoms with Crippen LogP contribution in [-0.2, 0) is 17.3 Å². The van der Waals surface area contributed by atoms with Crippen LogP contribution in [0, 0.1) is 0 Å². The van der Waals surface area contributed by atoms with Crippen LogP contribution in [0.25, 0.3) is 0 Å². The molecule has 1 aliphatic heterocycles. The predicted molar refractivity (Wildman–Crippen MR) is 106 cm³/mol. The van der Waals surface area contributed by atoms with E-state index in [1.807, 2.05) is 32.6 Å². The standard InChI is InChI=1S/C18H28F3N5O2S/c1-5-22-15(23-8-6-14-25-13(11-29-14)18(19,20)21)26-9-7-12(10-26)24-16(27)28-17(2,3)4/h11-12H,5-10H2,1-4H3,(H,22,23)(H,24,27). The Balaban J connectivity index is 1.89. The van der Waals surface area contributed by atoms with Crippen molar-refractivity contribution >= 4 is 23.4 Å². The lowest BCUT2D eigenvalue weighted by atomic mass is 10.2. The zero-order valence-corrected chi connectivity index (χ0v) is 17.9. The average molecular weight is 436 g/mol. The Hall–Kier alpha value is -2.04. The number of alkyl carbamates (subject to hydrolysis) is 1. The van der Waals surface area contributed by atoms with Crippen LogP contribution in [0.15, 0.2) is 10.4 Å². The van der Waals surface area contributed by atoms with Crippen LogP contribution in [0.5, 0.6) is 0 Å². The molecule has 2 rings (SSSR count). The third-order valence-electron chi connectivity index (χ3n) is 3.97. The highest BCUT2D eigenvalue weighted by Crippen LogP contribution is 2.30. The van der Waals surface area contributed by atoms with E-state index in [1.54, 1.807) is 0 Å². The summed E-state index contributed by atoms with van der Waals surface area (Å²) in [6, 6.07) is -0.0537. The summed E-state index contributed by atoms with van der Waals surface area (Å²) < 4.78 is 43.2. The quantitative estimate of drug-likeness (QED) is 0.548. The minimum atomic E-state index is -4.42. The average Bonchev–Trinajstić information content (AvgIpc) is 3.21. The highest BCUT2D eigenvalue weighted by atomic mass is 32.1. The van der Waals surface area contributed by atoms with Crippen LogP contribution in [0.1, 0.15) is 44.8 Å². The number of nitrogens with zero attached hydrogens (tertiary/aromatic N) is 3. The molecular weight excluding hydrogens is 407 g/mol. The van der Waals surface area contributed by atoms with Gasteiger partial charge in [0, 0.05) is 38.0 Å². The summed E-state index contributed by atoms with van der Waals surface area (Å²) in [7, 11) is 0. The van der Waals surface area contributed by atoms with Gasteiger partial charge in [-0.3, -0.25) is 4.99 Å². The van der Waals surface area contributed by atoms with Crippen molar-refractivity contribution in [1.29, 1.82) is 0 Å². The molecule has 1 aliphatic rings. The van der Waals surface area contributed by atoms with Gasteiger partial charge in [0.25, 0.3) is 0 Å². The highest BCUT2D eigenvalue weighted by Gasteiger charge is 2.33. The van der Waals surface area contributed by atoms with E-state index in [4.69, 9.17) is 4.74 Å². The largest absolute Gasteiger partial charge is 0.444 e. The van der Waals surface area contributed by atoms with Crippen LogP contribution in [0.4, 0.5) is 18.0 Å². The maximum Gasteiger partial charge on any atom is 0.434 e. The number of ether oxygens (including phenoxy) is 1. The van der Waals surface area contributed by atoms with Gasteiger partial charge in [-0.15, -0.1) is 11.3 Å². The van der Waals surface area contributed by atoms with Gasteiger partial charge >= 0.3 is 12.3 Å². The van der Waals surface area contributed by atoms with E-state index in [2.05, 4.69) is 20.6 Å². The Bertz CT molecular complexity index is 715. The van der Waals surface area contributed by atoms with Crippen molar-refractivity contribution in [3.05, 3.63) is 16.1 Å². The zero-order chi connectivity index (χ0) is 21.7. The van der Waals surface area contributed by atoms with Gasteiger partial charge in [-0.05, 0) is 34.1 Å². The minimum Gasteiger partial charge on any atom is -0.444 e. The first-order valence-electron chi connectivity index (χ1n) is 9.52. The molecule has 0 aliphatic carbocycles. The molecule has 1 saturated heterocycles. The van der Waals surface area contributed by atoms with Crippen molar-refractivity contribution in [2.45, 2.75) is 58.4 Å². The molecule has 2 N–H and O–H groups in total. The van der Waals surface area contributed by atoms with E-state index in [9.17, 15) is 18.0 Å². The van der Waals surface area contributed by atoms with Crippen LogP contribution in [0.3, 0.4) is 0 Å². The van der Waals surface area contributed by atoms with E-state index in [0.717, 1.165) is 23.1 Å². The molecule has 1 fully saturated rings. The van der Waals surface area contributed by atoms with Gasteiger partial charge in [-0.25, -0.2) is 9.78 Å². The van der Waals surface area contributed by atoms with Gasteiger partial charge in [0.05, 0.1) is 11.0 Å². The predicted octanol–water partition coefficient (Wildman–Crippen LogP) is 3.27. The number of likely N-dealkylation sites (tertiary alicyclic amines) is 1. The maximum atomic E-state index is 12.6. The van der Waals surface area contributed by atoms with Crippen LogP contribution in [0.2, 0.25) is 0 Å². The number of aliphatic imine (C=N–C) groups is 1. The lowest BCUT2D eigenvalue weighted by Crippen LogP contribution is -2.44. The molecule has 0 radical (unpaired) electrons. The van der Waals surface area contributed by atoms with Gasteiger partial charge < -0.3 is 20.3 Å². The molecule has 1 aromatic rings. The number of halogens is 3. The zero-order valence-electron chi connectivity index (χ0n) is 17.1. The number of alkyl halides is 3. The summed E-state index contributed by atoms with van der Waals surface area (Å²) in [6.45, 7) is 9.65. The van der Waals surface area contributed by atoms with Gasteiger partial charge in [0.15, 0.2) is 11.7 Å². The van der Waals surface area contributed by atoms with Crippen molar-refractivity contribution in [3.63, 3.8) is 0 Å². The number of hydrogen-bond acceptors (Lipinski definition) is 5. The number of amides is 1. The summed E-state index contributed by atoms with van der Waals surface area (Å²) in [5, 5.41) is 7.48. The van der Waals surface area contributed by atoms with Crippen molar-refractivity contribution in [1.82, 2.24) is 20.5 Å². The molecule has 11 heteroatoms. The third kappa shape index (κ3) is 7.71. The number of hydrogen-bond donors (Lipinski definition) is 2. The number of carbonyl (C=O) groups is 1. The summed E-state index contributed by atoms with van der Waals surface area (Å²) in [5.41, 5.74) is -1.41. The van der Waals surface area contributed by atoms with Gasteiger partial charge in [0.1, 0.15) is 5.60 Å². The lowest BCUT2D eigenvalue weighted by molar-refractivity contribution is -0.140. The number of aromatic nitrogens is 1. The lowest BCUT2D eigenvalue weighted by Gasteiger charge is -2.23. The maximum absolute atomic E-state index is 12.6. The Labute approximate surface area is 172 Å². The van der Waals surface area contributed by atoms with Gasteiger partial charge in [-0.2, -0.15) is 13.2 Å². The number of thiazole rings is 1. The first-order chi connectivity index (χ1) is 13.5. The van der Waals surface area contributed by atoms with Crippen LogP contribution < -0.4 is 10.6 Å². The molecule has 0 saturated carbocycles. The molecule has 0 aromatic carbocycles. The molecule has 7 nitrogen and oxygen atoms in total. The molecule has 164 valence electrons. The number of nitrogens with one attached hydrogen (secondary N) is 2. The monoisotopic (exact) mass is 435 g/mol. The fourth-order valence-electron chi connectivity index (χ4n) is 2.78. The van der Waals surface area contributed by atoms with Crippen molar-refractivity contribution in [2.75, 3.05) is 26.2 Å². The van der Waals surface area contributed by atoms with Crippen LogP contribution in [-0.4, -0.2) is 59.8 Å². The van der Waals surface area contributed by atoms with Crippen molar-refractivity contribution < 1.29 is 22.7 Å². The molecule has 1 amide bonds. The minimum absolute atomic E-state index is 0.0537. The molecule has 1 unspecified atom stereocenters. The molecule has 0 spiro atoms. The summed E-state index contributed by atoms with van der Waals surface area (Å²) in [4.78, 5) is 22.1. The highest BCUT2D eigenvalue weighted by molar-refractivity contribution is 7.09. The van der Waals surface area contributed by atoms with E-state index in [-0.39, 0.29) is 6.04 Å². The summed E-state index contributed by atoms with van der Waals surface area (Å²) >= 11 is 0.990. The van der Waals surface area contributed by atoms with Crippen LogP contribution >= 0.6 is 11.3 Å². The Kier molecular flexibility index (Phi) is 7.73. The number of guanidine groups is 1. The Morgan fingerprint density at radius 2 is 2.14 bits per heavy atom. The van der Waals surface area contributed by atoms with E-state index in [1.165, 1.54) is 0 Å². The van der Waals surface area contributed by atoms with E-state index in [0.29, 0.717) is 43.6 Å². The molecule has 0 bridgehead atoms. The smallest absolute Gasteiger partial charge is 0.434 e. The fourth-order valence-corrected chi connectivity index (χ4v) is 3.58. The molecule has 29 heavy (non-hydrogen) atoms. The third-order valence-corrected chi connectivity index (χ3v) is 4.88. The number of rotatable bonds is 5. The molecular formula is C18H28F3N5O2S. The van der Waals surface area contributed by atoms with E-state index >= 15 is 0 Å². The molecule has 2 heterocycles. The SMILES string of the molecule is CCNC(=NCCc1nc(C(F)(F)F)cs1)N1CCC(NC(=O)OC(C)(C)C)C1.